The number of allylic oxidation sites excluding steroid dienone is 4. The van der Waals surface area contributed by atoms with E-state index in [4.69, 9.17) is 15.7 Å². The van der Waals surface area contributed by atoms with Gasteiger partial charge in [-0.1, -0.05) is 95.2 Å². The van der Waals surface area contributed by atoms with E-state index in [9.17, 15) is 0 Å². The third-order valence-corrected chi connectivity index (χ3v) is 3.94. The van der Waals surface area contributed by atoms with E-state index in [0.29, 0.717) is 0 Å². The molecule has 0 rings (SSSR count). The second-order valence-corrected chi connectivity index (χ2v) is 7.04. The lowest BCUT2D eigenvalue weighted by Crippen LogP contribution is -2.05. The van der Waals surface area contributed by atoms with E-state index >= 15 is 0 Å². The fourth-order valence-corrected chi connectivity index (χ4v) is 2.49. The molecular formula is C20H36B2. The smallest absolute Gasteiger partial charge is 0.0728 e. The first-order valence-corrected chi connectivity index (χ1v) is 9.41. The molecule has 122 valence electrons. The minimum atomic E-state index is -0.774. The molecule has 0 saturated carbocycles. The van der Waals surface area contributed by atoms with Crippen LogP contribution < -0.4 is 0 Å². The lowest BCUT2D eigenvalue weighted by atomic mass is 9.54. The first-order chi connectivity index (χ1) is 10.5. The molecule has 0 saturated heterocycles. The fourth-order valence-electron chi connectivity index (χ4n) is 2.49. The molecule has 0 unspecified atom stereocenters. The Morgan fingerprint density at radius 3 is 1.82 bits per heavy atom. The average Bonchev–Trinajstić information content (AvgIpc) is 2.45. The summed E-state index contributed by atoms with van der Waals surface area (Å²) in [5, 5.41) is -0.774. The Hall–Kier alpha value is -0.390. The first kappa shape index (κ1) is 21.6. The molecule has 0 aromatic rings. The van der Waals surface area contributed by atoms with Gasteiger partial charge in [0.25, 0.3) is 0 Å². The van der Waals surface area contributed by atoms with Crippen LogP contribution in [-0.4, -0.2) is 15.7 Å². The van der Waals surface area contributed by atoms with Crippen molar-refractivity contribution in [3.8, 4) is 0 Å². The summed E-state index contributed by atoms with van der Waals surface area (Å²) in [4.78, 5) is 0. The summed E-state index contributed by atoms with van der Waals surface area (Å²) >= 11 is 0. The predicted octanol–water partition coefficient (Wildman–Crippen LogP) is 6.52. The second kappa shape index (κ2) is 14.2. The highest BCUT2D eigenvalue weighted by atomic mass is 14.0. The van der Waals surface area contributed by atoms with Crippen LogP contribution in [0.25, 0.3) is 0 Å². The zero-order chi connectivity index (χ0) is 16.7. The van der Waals surface area contributed by atoms with Crippen molar-refractivity contribution in [2.75, 3.05) is 0 Å². The number of rotatable bonds is 14. The maximum absolute atomic E-state index is 6.04. The normalized spacial score (nSPS) is 12.9. The van der Waals surface area contributed by atoms with Crippen molar-refractivity contribution in [3.05, 3.63) is 24.3 Å². The van der Waals surface area contributed by atoms with Crippen LogP contribution in [0.4, 0.5) is 0 Å². The molecule has 0 aromatic carbocycles. The van der Waals surface area contributed by atoms with Crippen molar-refractivity contribution in [1.29, 1.82) is 0 Å². The first-order valence-electron chi connectivity index (χ1n) is 9.41. The summed E-state index contributed by atoms with van der Waals surface area (Å²) in [5.41, 5.74) is 0. The SMILES string of the molecule is [B]C([B])(/C=C\CCCCC)/C=C\CCCCCCCC(C)C. The molecule has 22 heavy (non-hydrogen) atoms. The zero-order valence-electron chi connectivity index (χ0n) is 15.3. The van der Waals surface area contributed by atoms with E-state index in [1.807, 2.05) is 12.2 Å². The van der Waals surface area contributed by atoms with Gasteiger partial charge in [-0.15, -0.1) is 0 Å². The van der Waals surface area contributed by atoms with Crippen LogP contribution in [0.2, 0.25) is 5.21 Å². The van der Waals surface area contributed by atoms with Crippen LogP contribution in [0.1, 0.15) is 91.4 Å². The molecule has 0 aromatic heterocycles. The third-order valence-electron chi connectivity index (χ3n) is 3.94. The van der Waals surface area contributed by atoms with Crippen molar-refractivity contribution in [3.63, 3.8) is 0 Å². The molecule has 0 nitrogen and oxygen atoms in total. The third kappa shape index (κ3) is 16.0. The van der Waals surface area contributed by atoms with Gasteiger partial charge in [-0.05, 0) is 31.6 Å². The molecule has 0 aliphatic carbocycles. The minimum absolute atomic E-state index is 0.774. The molecule has 0 aliphatic heterocycles. The molecule has 0 heterocycles. The van der Waals surface area contributed by atoms with Crippen LogP contribution in [0, 0.1) is 5.92 Å². The number of hydrogen-bond acceptors (Lipinski definition) is 0. The van der Waals surface area contributed by atoms with Gasteiger partial charge in [0, 0.05) is 0 Å². The van der Waals surface area contributed by atoms with Crippen molar-refractivity contribution < 1.29 is 0 Å². The Balaban J connectivity index is 3.60. The number of hydrogen-bond donors (Lipinski definition) is 0. The summed E-state index contributed by atoms with van der Waals surface area (Å²) in [7, 11) is 12.1. The van der Waals surface area contributed by atoms with Gasteiger partial charge in [-0.2, -0.15) is 0 Å². The highest BCUT2D eigenvalue weighted by Gasteiger charge is 2.06. The topological polar surface area (TPSA) is 0 Å². The van der Waals surface area contributed by atoms with E-state index in [1.165, 1.54) is 57.8 Å². The predicted molar refractivity (Wildman–Crippen MR) is 104 cm³/mol. The zero-order valence-corrected chi connectivity index (χ0v) is 15.3. The Morgan fingerprint density at radius 1 is 0.773 bits per heavy atom. The van der Waals surface area contributed by atoms with Gasteiger partial charge in [0.2, 0.25) is 0 Å². The van der Waals surface area contributed by atoms with Crippen LogP contribution in [-0.2, 0) is 0 Å². The molecule has 0 bridgehead atoms. The maximum atomic E-state index is 6.04. The van der Waals surface area contributed by atoms with Crippen LogP contribution in [0.3, 0.4) is 0 Å². The highest BCUT2D eigenvalue weighted by molar-refractivity contribution is 6.42. The molecule has 0 spiro atoms. The minimum Gasteiger partial charge on any atom is -0.0958 e. The van der Waals surface area contributed by atoms with Crippen LogP contribution in [0.15, 0.2) is 24.3 Å². The molecule has 0 N–H and O–H groups in total. The van der Waals surface area contributed by atoms with Gasteiger partial charge in [0.1, 0.15) is 0 Å². The lowest BCUT2D eigenvalue weighted by Gasteiger charge is -2.15. The molecule has 0 amide bonds. The summed E-state index contributed by atoms with van der Waals surface area (Å²) in [6.07, 6.45) is 22.1. The van der Waals surface area contributed by atoms with Crippen molar-refractivity contribution in [1.82, 2.24) is 0 Å². The van der Waals surface area contributed by atoms with E-state index in [2.05, 4.69) is 32.9 Å². The van der Waals surface area contributed by atoms with E-state index in [0.717, 1.165) is 18.8 Å². The monoisotopic (exact) mass is 298 g/mol. The van der Waals surface area contributed by atoms with Crippen molar-refractivity contribution in [2.24, 2.45) is 5.92 Å². The maximum Gasteiger partial charge on any atom is 0.0728 e. The van der Waals surface area contributed by atoms with Crippen molar-refractivity contribution in [2.45, 2.75) is 96.6 Å². The van der Waals surface area contributed by atoms with Crippen LogP contribution >= 0.6 is 0 Å². The highest BCUT2D eigenvalue weighted by Crippen LogP contribution is 2.21. The summed E-state index contributed by atoms with van der Waals surface area (Å²) in [6.45, 7) is 6.82. The van der Waals surface area contributed by atoms with Crippen molar-refractivity contribution >= 4 is 15.7 Å². The molecular weight excluding hydrogens is 262 g/mol. The molecule has 0 fully saturated rings. The van der Waals surface area contributed by atoms with Gasteiger partial charge in [-0.25, -0.2) is 0 Å². The van der Waals surface area contributed by atoms with E-state index in [-0.39, 0.29) is 0 Å². The average molecular weight is 298 g/mol. The molecule has 0 atom stereocenters. The van der Waals surface area contributed by atoms with Crippen LogP contribution in [0.5, 0.6) is 0 Å². The quantitative estimate of drug-likeness (QED) is 0.194. The van der Waals surface area contributed by atoms with E-state index in [1.54, 1.807) is 0 Å². The Morgan fingerprint density at radius 2 is 1.27 bits per heavy atom. The molecule has 0 aliphatic rings. The molecule has 2 heteroatoms. The van der Waals surface area contributed by atoms with Gasteiger partial charge in [0.15, 0.2) is 0 Å². The van der Waals surface area contributed by atoms with Gasteiger partial charge in [0.05, 0.1) is 15.7 Å². The number of unbranched alkanes of at least 4 members (excludes halogenated alkanes) is 8. The molecule has 4 radical (unpaired) electrons. The Kier molecular flexibility index (Phi) is 14.0. The second-order valence-electron chi connectivity index (χ2n) is 7.04. The van der Waals surface area contributed by atoms with Gasteiger partial charge < -0.3 is 0 Å². The lowest BCUT2D eigenvalue weighted by molar-refractivity contribution is 0.516. The standard InChI is InChI=1S/C20H36B2/c1-4-5-6-11-14-17-20(21,22)18-15-12-9-7-8-10-13-16-19(2)3/h14-15,17-19H,4-13,16H2,1-3H3/b17-14-,18-15-. The fraction of sp³-hybridized carbons (Fsp3) is 0.800. The Bertz CT molecular complexity index is 290. The van der Waals surface area contributed by atoms with E-state index < -0.39 is 5.21 Å². The largest absolute Gasteiger partial charge is 0.0958 e. The van der Waals surface area contributed by atoms with Gasteiger partial charge in [-0.3, -0.25) is 0 Å². The summed E-state index contributed by atoms with van der Waals surface area (Å²) in [5.74, 6) is 0.847. The Labute approximate surface area is 143 Å². The van der Waals surface area contributed by atoms with Gasteiger partial charge >= 0.3 is 0 Å². The summed E-state index contributed by atoms with van der Waals surface area (Å²) in [6, 6.07) is 0. The summed E-state index contributed by atoms with van der Waals surface area (Å²) < 4.78 is 0.